The maximum absolute atomic E-state index is 3.82. The van der Waals surface area contributed by atoms with Gasteiger partial charge in [-0.05, 0) is 37.6 Å². The number of hydrogen-bond donors (Lipinski definition) is 0. The van der Waals surface area contributed by atoms with Crippen molar-refractivity contribution in [1.82, 2.24) is 4.90 Å². The second kappa shape index (κ2) is 3.21. The Balaban J connectivity index is 1.97. The van der Waals surface area contributed by atoms with Gasteiger partial charge in [0.05, 0.1) is 0 Å². The Morgan fingerprint density at radius 1 is 1.58 bits per heavy atom. The van der Waals surface area contributed by atoms with Crippen LogP contribution in [0.2, 0.25) is 0 Å². The van der Waals surface area contributed by atoms with E-state index in [1.165, 1.54) is 25.8 Å². The Morgan fingerprint density at radius 2 is 2.42 bits per heavy atom. The fraction of sp³-hybridized carbons (Fsp3) is 0.818. The van der Waals surface area contributed by atoms with Gasteiger partial charge in [0.15, 0.2) is 0 Å². The molecule has 0 radical (unpaired) electrons. The predicted octanol–water partition coefficient (Wildman–Crippen LogP) is 2.29. The topological polar surface area (TPSA) is 3.24 Å². The number of rotatable bonds is 2. The Morgan fingerprint density at radius 3 is 3.08 bits per heavy atom. The molecule has 68 valence electrons. The van der Waals surface area contributed by atoms with Crippen molar-refractivity contribution in [2.45, 2.75) is 32.2 Å². The lowest BCUT2D eigenvalue weighted by molar-refractivity contribution is -0.0209. The summed E-state index contributed by atoms with van der Waals surface area (Å²) in [4.78, 5) is 2.62. The second-order valence-corrected chi connectivity index (χ2v) is 4.39. The minimum absolute atomic E-state index is 0.900. The highest BCUT2D eigenvalue weighted by Crippen LogP contribution is 2.43. The quantitative estimate of drug-likeness (QED) is 0.567. The Labute approximate surface area is 75.4 Å². The molecule has 1 aliphatic heterocycles. The average Bonchev–Trinajstić information content (AvgIpc) is 2.03. The smallest absolute Gasteiger partial charge is 0.0163 e. The predicted molar refractivity (Wildman–Crippen MR) is 52.1 cm³/mol. The Kier molecular flexibility index (Phi) is 2.22. The third-order valence-electron chi connectivity index (χ3n) is 3.55. The van der Waals surface area contributed by atoms with Gasteiger partial charge in [0.25, 0.3) is 0 Å². The molecule has 2 aliphatic rings. The Bertz CT molecular complexity index is 174. The van der Waals surface area contributed by atoms with Crippen LogP contribution in [0, 0.1) is 11.8 Å². The van der Waals surface area contributed by atoms with E-state index >= 15 is 0 Å². The van der Waals surface area contributed by atoms with Crippen LogP contribution in [-0.4, -0.2) is 24.0 Å². The molecule has 0 N–H and O–H groups in total. The molecule has 0 spiro atoms. The fourth-order valence-electron chi connectivity index (χ4n) is 3.06. The van der Waals surface area contributed by atoms with E-state index in [0.29, 0.717) is 0 Å². The number of fused-ring (bicyclic) bond motifs is 1. The van der Waals surface area contributed by atoms with Crippen molar-refractivity contribution in [3.8, 4) is 0 Å². The van der Waals surface area contributed by atoms with Crippen molar-refractivity contribution >= 4 is 0 Å². The summed E-state index contributed by atoms with van der Waals surface area (Å²) in [5, 5.41) is 0. The molecule has 0 amide bonds. The molecule has 1 nitrogen and oxygen atoms in total. The molecule has 0 aromatic rings. The highest BCUT2D eigenvalue weighted by molar-refractivity contribution is 4.98. The van der Waals surface area contributed by atoms with E-state index in [4.69, 9.17) is 0 Å². The van der Waals surface area contributed by atoms with E-state index in [-0.39, 0.29) is 0 Å². The SMILES string of the molecule is C=CCN1CCC[C@H]2C[C@@H](C)[C@H]21. The molecule has 2 fully saturated rings. The number of likely N-dealkylation sites (tertiary alicyclic amines) is 1. The first kappa shape index (κ1) is 8.31. The highest BCUT2D eigenvalue weighted by atomic mass is 15.2. The summed E-state index contributed by atoms with van der Waals surface area (Å²) >= 11 is 0. The third-order valence-corrected chi connectivity index (χ3v) is 3.55. The van der Waals surface area contributed by atoms with Gasteiger partial charge in [-0.2, -0.15) is 0 Å². The molecule has 1 saturated carbocycles. The summed E-state index contributed by atoms with van der Waals surface area (Å²) in [5.74, 6) is 1.96. The normalized spacial score (nSPS) is 41.6. The molecule has 2 rings (SSSR count). The van der Waals surface area contributed by atoms with Crippen molar-refractivity contribution in [2.75, 3.05) is 13.1 Å². The van der Waals surface area contributed by atoms with Gasteiger partial charge in [-0.15, -0.1) is 6.58 Å². The monoisotopic (exact) mass is 165 g/mol. The minimum Gasteiger partial charge on any atom is -0.296 e. The molecule has 0 aromatic heterocycles. The maximum atomic E-state index is 3.82. The molecule has 1 aliphatic carbocycles. The zero-order chi connectivity index (χ0) is 8.55. The van der Waals surface area contributed by atoms with E-state index in [9.17, 15) is 0 Å². The summed E-state index contributed by atoms with van der Waals surface area (Å²) in [6.07, 6.45) is 6.40. The average molecular weight is 165 g/mol. The number of hydrogen-bond acceptors (Lipinski definition) is 1. The largest absolute Gasteiger partial charge is 0.296 e. The second-order valence-electron chi connectivity index (χ2n) is 4.39. The molecular weight excluding hydrogens is 146 g/mol. The van der Waals surface area contributed by atoms with Gasteiger partial charge >= 0.3 is 0 Å². The lowest BCUT2D eigenvalue weighted by atomic mass is 9.66. The van der Waals surface area contributed by atoms with Crippen LogP contribution in [0.4, 0.5) is 0 Å². The van der Waals surface area contributed by atoms with Crippen molar-refractivity contribution in [3.63, 3.8) is 0 Å². The summed E-state index contributed by atoms with van der Waals surface area (Å²) in [6, 6.07) is 0.900. The highest BCUT2D eigenvalue weighted by Gasteiger charge is 2.42. The summed E-state index contributed by atoms with van der Waals surface area (Å²) in [7, 11) is 0. The lowest BCUT2D eigenvalue weighted by Crippen LogP contribution is -2.56. The Hall–Kier alpha value is -0.300. The van der Waals surface area contributed by atoms with Crippen molar-refractivity contribution in [2.24, 2.45) is 11.8 Å². The molecule has 0 unspecified atom stereocenters. The van der Waals surface area contributed by atoms with Gasteiger partial charge in [-0.25, -0.2) is 0 Å². The van der Waals surface area contributed by atoms with Crippen LogP contribution < -0.4 is 0 Å². The van der Waals surface area contributed by atoms with Gasteiger partial charge in [0, 0.05) is 12.6 Å². The standard InChI is InChI=1S/C11H19N/c1-3-6-12-7-4-5-10-8-9(2)11(10)12/h3,9-11H,1,4-8H2,2H3/t9-,10+,11-/m1/s1. The zero-order valence-corrected chi connectivity index (χ0v) is 8.00. The fourth-order valence-corrected chi connectivity index (χ4v) is 3.06. The first-order valence-corrected chi connectivity index (χ1v) is 5.18. The van der Waals surface area contributed by atoms with Gasteiger partial charge in [0.1, 0.15) is 0 Å². The zero-order valence-electron chi connectivity index (χ0n) is 8.00. The molecule has 1 saturated heterocycles. The van der Waals surface area contributed by atoms with E-state index in [1.54, 1.807) is 0 Å². The molecule has 0 aromatic carbocycles. The van der Waals surface area contributed by atoms with Gasteiger partial charge in [-0.1, -0.05) is 13.0 Å². The number of piperidine rings is 1. The van der Waals surface area contributed by atoms with E-state index in [0.717, 1.165) is 24.4 Å². The van der Waals surface area contributed by atoms with Gasteiger partial charge in [0.2, 0.25) is 0 Å². The van der Waals surface area contributed by atoms with Crippen LogP contribution >= 0.6 is 0 Å². The maximum Gasteiger partial charge on any atom is 0.0163 e. The number of nitrogens with zero attached hydrogens (tertiary/aromatic N) is 1. The molecule has 12 heavy (non-hydrogen) atoms. The molecule has 3 atom stereocenters. The van der Waals surface area contributed by atoms with Crippen molar-refractivity contribution < 1.29 is 0 Å². The van der Waals surface area contributed by atoms with Crippen molar-refractivity contribution in [3.05, 3.63) is 12.7 Å². The summed E-state index contributed by atoms with van der Waals surface area (Å²) in [5.41, 5.74) is 0. The first-order chi connectivity index (χ1) is 5.83. The van der Waals surface area contributed by atoms with Crippen LogP contribution in [-0.2, 0) is 0 Å². The minimum atomic E-state index is 0.900. The summed E-state index contributed by atoms with van der Waals surface area (Å²) in [6.45, 7) is 8.62. The van der Waals surface area contributed by atoms with E-state index in [2.05, 4.69) is 18.4 Å². The molecular formula is C11H19N. The molecule has 1 heterocycles. The van der Waals surface area contributed by atoms with Crippen LogP contribution in [0.3, 0.4) is 0 Å². The third kappa shape index (κ3) is 1.20. The lowest BCUT2D eigenvalue weighted by Gasteiger charge is -2.52. The molecule has 0 bridgehead atoms. The van der Waals surface area contributed by atoms with E-state index < -0.39 is 0 Å². The van der Waals surface area contributed by atoms with Crippen LogP contribution in [0.1, 0.15) is 26.2 Å². The summed E-state index contributed by atoms with van der Waals surface area (Å²) < 4.78 is 0. The van der Waals surface area contributed by atoms with Crippen LogP contribution in [0.25, 0.3) is 0 Å². The van der Waals surface area contributed by atoms with Gasteiger partial charge < -0.3 is 0 Å². The first-order valence-electron chi connectivity index (χ1n) is 5.18. The van der Waals surface area contributed by atoms with Gasteiger partial charge in [-0.3, -0.25) is 4.90 Å². The van der Waals surface area contributed by atoms with Crippen LogP contribution in [0.5, 0.6) is 0 Å². The van der Waals surface area contributed by atoms with Crippen molar-refractivity contribution in [1.29, 1.82) is 0 Å². The molecule has 1 heteroatoms. The van der Waals surface area contributed by atoms with E-state index in [1.807, 2.05) is 6.08 Å². The van der Waals surface area contributed by atoms with Crippen LogP contribution in [0.15, 0.2) is 12.7 Å².